The zero-order valence-corrected chi connectivity index (χ0v) is 10.3. The molecule has 2 fully saturated rings. The Morgan fingerprint density at radius 3 is 2.40 bits per heavy atom. The average molecular weight is 210 g/mol. The molecule has 1 saturated heterocycles. The molecule has 0 bridgehead atoms. The molecule has 0 aromatic heterocycles. The monoisotopic (exact) mass is 210 g/mol. The minimum atomic E-state index is 0.838. The van der Waals surface area contributed by atoms with Crippen LogP contribution in [0.3, 0.4) is 0 Å². The van der Waals surface area contributed by atoms with Crippen LogP contribution >= 0.6 is 0 Å². The Hall–Kier alpha value is -0.0800. The first-order valence-electron chi connectivity index (χ1n) is 6.76. The number of nitrogens with zero attached hydrogens (tertiary/aromatic N) is 1. The second-order valence-electron chi connectivity index (χ2n) is 5.36. The lowest BCUT2D eigenvalue weighted by atomic mass is 9.96. The molecule has 0 aromatic carbocycles. The molecule has 1 unspecified atom stereocenters. The Bertz CT molecular complexity index is 183. The maximum Gasteiger partial charge on any atom is 0.00951 e. The molecule has 0 radical (unpaired) electrons. The van der Waals surface area contributed by atoms with Gasteiger partial charge in [-0.2, -0.15) is 0 Å². The normalized spacial score (nSPS) is 25.8. The molecule has 1 aliphatic heterocycles. The third kappa shape index (κ3) is 3.18. The van der Waals surface area contributed by atoms with Crippen LogP contribution < -0.4 is 5.32 Å². The van der Waals surface area contributed by atoms with Gasteiger partial charge in [0.1, 0.15) is 0 Å². The Balaban J connectivity index is 1.77. The van der Waals surface area contributed by atoms with Crippen LogP contribution in [0.2, 0.25) is 0 Å². The van der Waals surface area contributed by atoms with Crippen molar-refractivity contribution in [2.75, 3.05) is 26.2 Å². The molecule has 1 heterocycles. The minimum absolute atomic E-state index is 0.838. The van der Waals surface area contributed by atoms with E-state index >= 15 is 0 Å². The lowest BCUT2D eigenvalue weighted by Gasteiger charge is -2.33. The Morgan fingerprint density at radius 1 is 1.20 bits per heavy atom. The van der Waals surface area contributed by atoms with Crippen LogP contribution in [0.4, 0.5) is 0 Å². The molecule has 0 aromatic rings. The fourth-order valence-electron chi connectivity index (χ4n) is 2.86. The van der Waals surface area contributed by atoms with Gasteiger partial charge in [-0.15, -0.1) is 0 Å². The van der Waals surface area contributed by atoms with E-state index in [9.17, 15) is 0 Å². The molecule has 15 heavy (non-hydrogen) atoms. The molecular formula is C13H26N2. The molecule has 1 saturated carbocycles. The van der Waals surface area contributed by atoms with Crippen LogP contribution in [0, 0.1) is 11.8 Å². The third-order valence-corrected chi connectivity index (χ3v) is 4.24. The van der Waals surface area contributed by atoms with Gasteiger partial charge in [0.2, 0.25) is 0 Å². The van der Waals surface area contributed by atoms with Crippen molar-refractivity contribution in [3.05, 3.63) is 0 Å². The van der Waals surface area contributed by atoms with Gasteiger partial charge >= 0.3 is 0 Å². The van der Waals surface area contributed by atoms with Gasteiger partial charge in [0, 0.05) is 12.6 Å². The van der Waals surface area contributed by atoms with Gasteiger partial charge < -0.3 is 10.2 Å². The van der Waals surface area contributed by atoms with Crippen LogP contribution in [0.5, 0.6) is 0 Å². The number of rotatable bonds is 5. The standard InChI is InChI=1S/C13H26N2/c1-3-15(11(2)13-4-5-13)10-12-6-8-14-9-7-12/h11-14H,3-10H2,1-2H3. The molecule has 88 valence electrons. The van der Waals surface area contributed by atoms with Crippen molar-refractivity contribution >= 4 is 0 Å². The summed E-state index contributed by atoms with van der Waals surface area (Å²) in [7, 11) is 0. The Labute approximate surface area is 94.4 Å². The van der Waals surface area contributed by atoms with Gasteiger partial charge in [0.25, 0.3) is 0 Å². The van der Waals surface area contributed by atoms with Gasteiger partial charge in [-0.1, -0.05) is 6.92 Å². The Morgan fingerprint density at radius 2 is 1.87 bits per heavy atom. The maximum absolute atomic E-state index is 3.45. The van der Waals surface area contributed by atoms with Crippen molar-refractivity contribution in [1.29, 1.82) is 0 Å². The van der Waals surface area contributed by atoms with E-state index in [1.807, 2.05) is 0 Å². The van der Waals surface area contributed by atoms with E-state index in [1.54, 1.807) is 0 Å². The first kappa shape index (κ1) is 11.4. The first-order chi connectivity index (χ1) is 7.31. The van der Waals surface area contributed by atoms with Crippen LogP contribution in [-0.4, -0.2) is 37.1 Å². The SMILES string of the molecule is CCN(CC1CCNCC1)C(C)C1CC1. The zero-order valence-electron chi connectivity index (χ0n) is 10.3. The van der Waals surface area contributed by atoms with E-state index in [0.29, 0.717) is 0 Å². The van der Waals surface area contributed by atoms with Gasteiger partial charge in [0.05, 0.1) is 0 Å². The summed E-state index contributed by atoms with van der Waals surface area (Å²) in [6.45, 7) is 9.81. The maximum atomic E-state index is 3.45. The predicted octanol–water partition coefficient (Wildman–Crippen LogP) is 2.11. The molecule has 0 amide bonds. The molecular weight excluding hydrogens is 184 g/mol. The molecule has 1 aliphatic carbocycles. The summed E-state index contributed by atoms with van der Waals surface area (Å²) in [5, 5.41) is 3.45. The average Bonchev–Trinajstić information content (AvgIpc) is 3.10. The highest BCUT2D eigenvalue weighted by atomic mass is 15.2. The van der Waals surface area contributed by atoms with Crippen molar-refractivity contribution in [3.8, 4) is 0 Å². The molecule has 1 N–H and O–H groups in total. The summed E-state index contributed by atoms with van der Waals surface area (Å²) in [6.07, 6.45) is 5.72. The second-order valence-corrected chi connectivity index (χ2v) is 5.36. The third-order valence-electron chi connectivity index (χ3n) is 4.24. The summed E-state index contributed by atoms with van der Waals surface area (Å²) >= 11 is 0. The smallest absolute Gasteiger partial charge is 0.00951 e. The largest absolute Gasteiger partial charge is 0.317 e. The minimum Gasteiger partial charge on any atom is -0.317 e. The second kappa shape index (κ2) is 5.31. The fourth-order valence-corrected chi connectivity index (χ4v) is 2.86. The van der Waals surface area contributed by atoms with Crippen molar-refractivity contribution < 1.29 is 0 Å². The topological polar surface area (TPSA) is 15.3 Å². The lowest BCUT2D eigenvalue weighted by molar-refractivity contribution is 0.154. The number of piperidine rings is 1. The van der Waals surface area contributed by atoms with E-state index in [-0.39, 0.29) is 0 Å². The quantitative estimate of drug-likeness (QED) is 0.747. The fraction of sp³-hybridized carbons (Fsp3) is 1.00. The molecule has 2 aliphatic rings. The van der Waals surface area contributed by atoms with Crippen molar-refractivity contribution in [2.24, 2.45) is 11.8 Å². The summed E-state index contributed by atoms with van der Waals surface area (Å²) in [6, 6.07) is 0.838. The van der Waals surface area contributed by atoms with Crippen LogP contribution in [-0.2, 0) is 0 Å². The summed E-state index contributed by atoms with van der Waals surface area (Å²) in [5.41, 5.74) is 0. The van der Waals surface area contributed by atoms with E-state index in [1.165, 1.54) is 51.9 Å². The van der Waals surface area contributed by atoms with Crippen LogP contribution in [0.15, 0.2) is 0 Å². The first-order valence-corrected chi connectivity index (χ1v) is 6.76. The van der Waals surface area contributed by atoms with E-state index in [0.717, 1.165) is 17.9 Å². The highest BCUT2D eigenvalue weighted by Gasteiger charge is 2.32. The molecule has 1 atom stereocenters. The summed E-state index contributed by atoms with van der Waals surface area (Å²) in [4.78, 5) is 2.72. The van der Waals surface area contributed by atoms with E-state index < -0.39 is 0 Å². The number of hydrogen-bond acceptors (Lipinski definition) is 2. The molecule has 2 rings (SSSR count). The van der Waals surface area contributed by atoms with Crippen LogP contribution in [0.25, 0.3) is 0 Å². The van der Waals surface area contributed by atoms with Gasteiger partial charge in [0.15, 0.2) is 0 Å². The molecule has 2 heteroatoms. The van der Waals surface area contributed by atoms with Gasteiger partial charge in [-0.3, -0.25) is 0 Å². The lowest BCUT2D eigenvalue weighted by Crippen LogP contribution is -2.41. The number of nitrogens with one attached hydrogen (secondary N) is 1. The van der Waals surface area contributed by atoms with Gasteiger partial charge in [-0.05, 0) is 64.1 Å². The zero-order chi connectivity index (χ0) is 10.7. The highest BCUT2D eigenvalue weighted by molar-refractivity contribution is 4.86. The summed E-state index contributed by atoms with van der Waals surface area (Å²) < 4.78 is 0. The predicted molar refractivity (Wildman–Crippen MR) is 65.0 cm³/mol. The number of hydrogen-bond donors (Lipinski definition) is 1. The Kier molecular flexibility index (Phi) is 4.04. The summed E-state index contributed by atoms with van der Waals surface area (Å²) in [5.74, 6) is 1.97. The van der Waals surface area contributed by atoms with E-state index in [4.69, 9.17) is 0 Å². The van der Waals surface area contributed by atoms with Crippen molar-refractivity contribution in [3.63, 3.8) is 0 Å². The molecule has 2 nitrogen and oxygen atoms in total. The van der Waals surface area contributed by atoms with Crippen LogP contribution in [0.1, 0.15) is 39.5 Å². The van der Waals surface area contributed by atoms with E-state index in [2.05, 4.69) is 24.1 Å². The van der Waals surface area contributed by atoms with Crippen molar-refractivity contribution in [1.82, 2.24) is 10.2 Å². The highest BCUT2D eigenvalue weighted by Crippen LogP contribution is 2.35. The van der Waals surface area contributed by atoms with Crippen molar-refractivity contribution in [2.45, 2.75) is 45.6 Å². The van der Waals surface area contributed by atoms with Gasteiger partial charge in [-0.25, -0.2) is 0 Å². The molecule has 0 spiro atoms.